The lowest BCUT2D eigenvalue weighted by Gasteiger charge is -2.35. The molecule has 2 aliphatic rings. The summed E-state index contributed by atoms with van der Waals surface area (Å²) < 4.78 is 13.8. The highest BCUT2D eigenvalue weighted by Crippen LogP contribution is 2.22. The topological polar surface area (TPSA) is 64.6 Å². The maximum absolute atomic E-state index is 13.8. The van der Waals surface area contributed by atoms with Crippen LogP contribution in [0, 0.1) is 12.7 Å². The molecular weight excluding hydrogens is 371 g/mol. The van der Waals surface area contributed by atoms with Gasteiger partial charge >= 0.3 is 6.03 Å². The Kier molecular flexibility index (Phi) is 5.78. The van der Waals surface area contributed by atoms with E-state index in [-0.39, 0.29) is 11.7 Å². The number of piperidine rings is 1. The standard InChI is InChI=1S/C21H27FN6O/c1-16-15-19(26-9-5-2-6-10-26)25-20(23-16)27-11-13-28(14-12-27)21(29)24-18-8-4-3-7-17(18)22/h3-4,7-8,15H,2,5-6,9-14H2,1H3,(H,24,29). The number of urea groups is 1. The largest absolute Gasteiger partial charge is 0.356 e. The predicted octanol–water partition coefficient (Wildman–Crippen LogP) is 3.27. The number of halogens is 1. The number of hydrogen-bond donors (Lipinski definition) is 1. The van der Waals surface area contributed by atoms with Gasteiger partial charge in [0.2, 0.25) is 5.95 Å². The number of para-hydroxylation sites is 1. The van der Waals surface area contributed by atoms with E-state index in [4.69, 9.17) is 4.98 Å². The first kappa shape index (κ1) is 19.4. The minimum atomic E-state index is -0.433. The average Bonchev–Trinajstić information content (AvgIpc) is 2.75. The SMILES string of the molecule is Cc1cc(N2CCCCC2)nc(N2CCN(C(=O)Nc3ccccc3F)CC2)n1. The fraction of sp³-hybridized carbons (Fsp3) is 0.476. The van der Waals surface area contributed by atoms with Crippen molar-refractivity contribution in [1.82, 2.24) is 14.9 Å². The maximum Gasteiger partial charge on any atom is 0.322 e. The van der Waals surface area contributed by atoms with Crippen LogP contribution in [-0.4, -0.2) is 60.2 Å². The van der Waals surface area contributed by atoms with Crippen molar-refractivity contribution in [1.29, 1.82) is 0 Å². The van der Waals surface area contributed by atoms with E-state index in [1.807, 2.05) is 13.0 Å². The van der Waals surface area contributed by atoms with E-state index in [0.717, 1.165) is 30.5 Å². The Morgan fingerprint density at radius 1 is 0.966 bits per heavy atom. The minimum absolute atomic E-state index is 0.202. The summed E-state index contributed by atoms with van der Waals surface area (Å²) in [5, 5.41) is 2.65. The molecule has 1 N–H and O–H groups in total. The van der Waals surface area contributed by atoms with Gasteiger partial charge in [0.15, 0.2) is 0 Å². The molecule has 2 saturated heterocycles. The third-order valence-corrected chi connectivity index (χ3v) is 5.47. The van der Waals surface area contributed by atoms with Gasteiger partial charge in [0.25, 0.3) is 0 Å². The first-order valence-corrected chi connectivity index (χ1v) is 10.3. The fourth-order valence-corrected chi connectivity index (χ4v) is 3.83. The molecule has 0 radical (unpaired) electrons. The van der Waals surface area contributed by atoms with Crippen LogP contribution in [0.5, 0.6) is 0 Å². The molecule has 0 atom stereocenters. The van der Waals surface area contributed by atoms with E-state index in [0.29, 0.717) is 26.2 Å². The first-order valence-electron chi connectivity index (χ1n) is 10.3. The number of rotatable bonds is 3. The number of carbonyl (C=O) groups is 1. The van der Waals surface area contributed by atoms with Gasteiger partial charge in [-0.25, -0.2) is 14.2 Å². The molecule has 7 nitrogen and oxygen atoms in total. The second-order valence-electron chi connectivity index (χ2n) is 7.60. The maximum atomic E-state index is 13.8. The lowest BCUT2D eigenvalue weighted by molar-refractivity contribution is 0.208. The Balaban J connectivity index is 1.38. The molecule has 2 aliphatic heterocycles. The van der Waals surface area contributed by atoms with Crippen LogP contribution in [0.2, 0.25) is 0 Å². The number of hydrogen-bond acceptors (Lipinski definition) is 5. The van der Waals surface area contributed by atoms with Crippen molar-refractivity contribution in [3.8, 4) is 0 Å². The van der Waals surface area contributed by atoms with Crippen LogP contribution in [-0.2, 0) is 0 Å². The second-order valence-corrected chi connectivity index (χ2v) is 7.60. The summed E-state index contributed by atoms with van der Waals surface area (Å²) in [7, 11) is 0. The lowest BCUT2D eigenvalue weighted by atomic mass is 10.1. The van der Waals surface area contributed by atoms with Crippen LogP contribution in [0.15, 0.2) is 30.3 Å². The zero-order chi connectivity index (χ0) is 20.2. The molecule has 2 amide bonds. The summed E-state index contributed by atoms with van der Waals surface area (Å²) in [6.07, 6.45) is 3.69. The van der Waals surface area contributed by atoms with Gasteiger partial charge in [-0.15, -0.1) is 0 Å². The van der Waals surface area contributed by atoms with Crippen molar-refractivity contribution in [3.05, 3.63) is 41.8 Å². The Hall–Kier alpha value is -2.90. The zero-order valence-corrected chi connectivity index (χ0v) is 16.8. The van der Waals surface area contributed by atoms with Crippen molar-refractivity contribution >= 4 is 23.5 Å². The first-order chi connectivity index (χ1) is 14.1. The Bertz CT molecular complexity index is 862. The summed E-state index contributed by atoms with van der Waals surface area (Å²) in [5.41, 5.74) is 1.16. The summed E-state index contributed by atoms with van der Waals surface area (Å²) in [4.78, 5) is 28.0. The van der Waals surface area contributed by atoms with Gasteiger partial charge in [-0.2, -0.15) is 4.98 Å². The number of nitrogens with one attached hydrogen (secondary N) is 1. The quantitative estimate of drug-likeness (QED) is 0.860. The Morgan fingerprint density at radius 2 is 1.69 bits per heavy atom. The average molecular weight is 398 g/mol. The Labute approximate surface area is 170 Å². The molecule has 2 fully saturated rings. The number of piperazine rings is 1. The molecule has 0 saturated carbocycles. The molecule has 2 aromatic rings. The van der Waals surface area contributed by atoms with Crippen molar-refractivity contribution in [2.75, 3.05) is 54.4 Å². The normalized spacial score (nSPS) is 17.4. The molecule has 0 spiro atoms. The van der Waals surface area contributed by atoms with Crippen molar-refractivity contribution in [2.45, 2.75) is 26.2 Å². The van der Waals surface area contributed by atoms with Gasteiger partial charge in [-0.3, -0.25) is 0 Å². The number of aryl methyl sites for hydroxylation is 1. The van der Waals surface area contributed by atoms with Gasteiger partial charge in [0, 0.05) is 51.0 Å². The molecular formula is C21H27FN6O. The van der Waals surface area contributed by atoms with Crippen molar-refractivity contribution < 1.29 is 9.18 Å². The van der Waals surface area contributed by atoms with Crippen LogP contribution in [0.3, 0.4) is 0 Å². The van der Waals surface area contributed by atoms with E-state index in [2.05, 4.69) is 20.1 Å². The second kappa shape index (κ2) is 8.63. The summed E-state index contributed by atoms with van der Waals surface area (Å²) >= 11 is 0. The lowest BCUT2D eigenvalue weighted by Crippen LogP contribution is -2.50. The highest BCUT2D eigenvalue weighted by molar-refractivity contribution is 5.89. The number of carbonyl (C=O) groups excluding carboxylic acids is 1. The molecule has 0 unspecified atom stereocenters. The van der Waals surface area contributed by atoms with Gasteiger partial charge < -0.3 is 20.0 Å². The zero-order valence-electron chi connectivity index (χ0n) is 16.8. The smallest absolute Gasteiger partial charge is 0.322 e. The van der Waals surface area contributed by atoms with E-state index in [9.17, 15) is 9.18 Å². The van der Waals surface area contributed by atoms with Crippen LogP contribution in [0.1, 0.15) is 25.0 Å². The highest BCUT2D eigenvalue weighted by atomic mass is 19.1. The molecule has 1 aromatic carbocycles. The van der Waals surface area contributed by atoms with E-state index in [1.54, 1.807) is 23.1 Å². The van der Waals surface area contributed by atoms with Gasteiger partial charge in [0.1, 0.15) is 11.6 Å². The molecule has 1 aromatic heterocycles. The Morgan fingerprint density at radius 3 is 2.41 bits per heavy atom. The summed E-state index contributed by atoms with van der Waals surface area (Å²) in [6, 6.07) is 7.96. The molecule has 29 heavy (non-hydrogen) atoms. The molecule has 8 heteroatoms. The number of anilines is 3. The number of amides is 2. The van der Waals surface area contributed by atoms with Crippen LogP contribution in [0.4, 0.5) is 26.6 Å². The third-order valence-electron chi connectivity index (χ3n) is 5.47. The fourth-order valence-electron chi connectivity index (χ4n) is 3.83. The van der Waals surface area contributed by atoms with Crippen molar-refractivity contribution in [2.24, 2.45) is 0 Å². The van der Waals surface area contributed by atoms with E-state index in [1.165, 1.54) is 25.3 Å². The predicted molar refractivity (Wildman–Crippen MR) is 112 cm³/mol. The third kappa shape index (κ3) is 4.58. The molecule has 4 rings (SSSR count). The van der Waals surface area contributed by atoms with Gasteiger partial charge in [-0.1, -0.05) is 12.1 Å². The van der Waals surface area contributed by atoms with Crippen LogP contribution in [0.25, 0.3) is 0 Å². The molecule has 0 aliphatic carbocycles. The monoisotopic (exact) mass is 398 g/mol. The van der Waals surface area contributed by atoms with Crippen LogP contribution >= 0.6 is 0 Å². The van der Waals surface area contributed by atoms with E-state index < -0.39 is 5.82 Å². The summed E-state index contributed by atoms with van der Waals surface area (Å²) in [5.74, 6) is 1.28. The molecule has 0 bridgehead atoms. The van der Waals surface area contributed by atoms with Crippen LogP contribution < -0.4 is 15.1 Å². The van der Waals surface area contributed by atoms with Gasteiger partial charge in [-0.05, 0) is 38.3 Å². The number of nitrogens with zero attached hydrogens (tertiary/aromatic N) is 5. The van der Waals surface area contributed by atoms with Crippen molar-refractivity contribution in [3.63, 3.8) is 0 Å². The highest BCUT2D eigenvalue weighted by Gasteiger charge is 2.24. The molecule has 3 heterocycles. The number of benzene rings is 1. The molecule has 154 valence electrons. The van der Waals surface area contributed by atoms with Gasteiger partial charge in [0.05, 0.1) is 5.69 Å². The summed E-state index contributed by atoms with van der Waals surface area (Å²) in [6.45, 7) is 6.45. The minimum Gasteiger partial charge on any atom is -0.356 e. The number of aromatic nitrogens is 2. The van der Waals surface area contributed by atoms with E-state index >= 15 is 0 Å².